The summed E-state index contributed by atoms with van der Waals surface area (Å²) in [6.07, 6.45) is 2.54. The van der Waals surface area contributed by atoms with Crippen molar-refractivity contribution in [1.29, 1.82) is 0 Å². The van der Waals surface area contributed by atoms with Gasteiger partial charge in [-0.05, 0) is 43.5 Å². The SMILES string of the molecule is O=C(CN1CC[C@H]1c1ccccc1F)Nc1cccc(S(=O)(=O)N2CCCC2)c1. The Kier molecular flexibility index (Phi) is 5.67. The van der Waals surface area contributed by atoms with Crippen LogP contribution in [-0.4, -0.2) is 49.7 Å². The first-order valence-corrected chi connectivity index (χ1v) is 11.3. The first kappa shape index (κ1) is 20.0. The fraction of sp³-hybridized carbons (Fsp3) is 0.381. The number of halogens is 1. The molecule has 1 amide bonds. The Balaban J connectivity index is 1.41. The van der Waals surface area contributed by atoms with Crippen molar-refractivity contribution in [3.63, 3.8) is 0 Å². The number of sulfonamides is 1. The van der Waals surface area contributed by atoms with E-state index in [0.717, 1.165) is 25.8 Å². The molecule has 0 aliphatic carbocycles. The lowest BCUT2D eigenvalue weighted by Crippen LogP contribution is -2.45. The largest absolute Gasteiger partial charge is 0.325 e. The first-order valence-electron chi connectivity index (χ1n) is 9.84. The highest BCUT2D eigenvalue weighted by atomic mass is 32.2. The molecule has 2 aromatic rings. The lowest BCUT2D eigenvalue weighted by atomic mass is 9.94. The van der Waals surface area contributed by atoms with Gasteiger partial charge in [0, 0.05) is 36.9 Å². The van der Waals surface area contributed by atoms with Gasteiger partial charge in [0.25, 0.3) is 0 Å². The van der Waals surface area contributed by atoms with E-state index in [1.54, 1.807) is 36.4 Å². The molecular weight excluding hydrogens is 393 g/mol. The molecule has 8 heteroatoms. The number of hydrogen-bond acceptors (Lipinski definition) is 4. The lowest BCUT2D eigenvalue weighted by molar-refractivity contribution is -0.119. The molecule has 2 saturated heterocycles. The molecule has 2 fully saturated rings. The van der Waals surface area contributed by atoms with Crippen LogP contribution in [0.3, 0.4) is 0 Å². The van der Waals surface area contributed by atoms with Crippen molar-refractivity contribution in [2.75, 3.05) is 31.5 Å². The number of likely N-dealkylation sites (tertiary alicyclic amines) is 1. The third-order valence-corrected chi connectivity index (χ3v) is 7.46. The summed E-state index contributed by atoms with van der Waals surface area (Å²) < 4.78 is 40.9. The van der Waals surface area contributed by atoms with Crippen LogP contribution in [0.15, 0.2) is 53.4 Å². The topological polar surface area (TPSA) is 69.7 Å². The molecule has 0 radical (unpaired) electrons. The third-order valence-electron chi connectivity index (χ3n) is 5.56. The Bertz CT molecular complexity index is 1010. The van der Waals surface area contributed by atoms with Crippen molar-refractivity contribution in [2.24, 2.45) is 0 Å². The summed E-state index contributed by atoms with van der Waals surface area (Å²) in [7, 11) is -3.53. The van der Waals surface area contributed by atoms with Gasteiger partial charge in [0.05, 0.1) is 11.4 Å². The zero-order valence-electron chi connectivity index (χ0n) is 16.1. The zero-order chi connectivity index (χ0) is 20.4. The summed E-state index contributed by atoms with van der Waals surface area (Å²) in [5.74, 6) is -0.510. The van der Waals surface area contributed by atoms with Crippen molar-refractivity contribution < 1.29 is 17.6 Å². The molecule has 0 saturated carbocycles. The monoisotopic (exact) mass is 417 g/mol. The normalized spacial score (nSPS) is 20.4. The number of benzene rings is 2. The maximum Gasteiger partial charge on any atom is 0.243 e. The average Bonchev–Trinajstić information content (AvgIpc) is 3.23. The summed E-state index contributed by atoms with van der Waals surface area (Å²) in [5, 5.41) is 2.77. The van der Waals surface area contributed by atoms with E-state index in [-0.39, 0.29) is 29.2 Å². The number of nitrogens with zero attached hydrogens (tertiary/aromatic N) is 2. The van der Waals surface area contributed by atoms with E-state index in [0.29, 0.717) is 24.3 Å². The van der Waals surface area contributed by atoms with Crippen LogP contribution in [0.5, 0.6) is 0 Å². The molecule has 29 heavy (non-hydrogen) atoms. The van der Waals surface area contributed by atoms with Gasteiger partial charge in [0.1, 0.15) is 5.82 Å². The van der Waals surface area contributed by atoms with Crippen molar-refractivity contribution >= 4 is 21.6 Å². The molecule has 0 bridgehead atoms. The number of amides is 1. The first-order chi connectivity index (χ1) is 13.9. The van der Waals surface area contributed by atoms with E-state index in [2.05, 4.69) is 5.32 Å². The molecule has 1 N–H and O–H groups in total. The number of anilines is 1. The summed E-state index contributed by atoms with van der Waals surface area (Å²) in [5.41, 5.74) is 1.04. The quantitative estimate of drug-likeness (QED) is 0.785. The molecular formula is C21H24FN3O3S. The van der Waals surface area contributed by atoms with Crippen LogP contribution in [0, 0.1) is 5.82 Å². The molecule has 0 unspecified atom stereocenters. The zero-order valence-corrected chi connectivity index (χ0v) is 16.9. The highest BCUT2D eigenvalue weighted by molar-refractivity contribution is 7.89. The second-order valence-electron chi connectivity index (χ2n) is 7.48. The van der Waals surface area contributed by atoms with Gasteiger partial charge in [-0.3, -0.25) is 9.69 Å². The molecule has 2 heterocycles. The minimum Gasteiger partial charge on any atom is -0.325 e. The highest BCUT2D eigenvalue weighted by Gasteiger charge is 2.32. The summed E-state index contributed by atoms with van der Waals surface area (Å²) in [6, 6.07) is 12.9. The molecule has 2 aliphatic rings. The van der Waals surface area contributed by atoms with E-state index in [9.17, 15) is 17.6 Å². The Morgan fingerprint density at radius 2 is 1.83 bits per heavy atom. The predicted octanol–water partition coefficient (Wildman–Crippen LogP) is 3.00. The minimum atomic E-state index is -3.53. The van der Waals surface area contributed by atoms with Crippen LogP contribution in [0.25, 0.3) is 0 Å². The molecule has 2 aliphatic heterocycles. The smallest absolute Gasteiger partial charge is 0.243 e. The Hall–Kier alpha value is -2.29. The van der Waals surface area contributed by atoms with E-state index < -0.39 is 10.0 Å². The lowest BCUT2D eigenvalue weighted by Gasteiger charge is -2.40. The summed E-state index contributed by atoms with van der Waals surface area (Å²) in [4.78, 5) is 14.6. The minimum absolute atomic E-state index is 0.108. The third kappa shape index (κ3) is 4.19. The molecule has 6 nitrogen and oxygen atoms in total. The number of nitrogens with one attached hydrogen (secondary N) is 1. The maximum atomic E-state index is 14.0. The Morgan fingerprint density at radius 3 is 2.52 bits per heavy atom. The van der Waals surface area contributed by atoms with Gasteiger partial charge in [0.2, 0.25) is 15.9 Å². The van der Waals surface area contributed by atoms with E-state index in [4.69, 9.17) is 0 Å². The molecule has 2 aromatic carbocycles. The summed E-state index contributed by atoms with van der Waals surface area (Å²) in [6.45, 7) is 1.91. The van der Waals surface area contributed by atoms with Crippen LogP contribution in [-0.2, 0) is 14.8 Å². The predicted molar refractivity (Wildman–Crippen MR) is 108 cm³/mol. The number of rotatable bonds is 6. The van der Waals surface area contributed by atoms with Gasteiger partial charge in [-0.15, -0.1) is 0 Å². The summed E-state index contributed by atoms with van der Waals surface area (Å²) >= 11 is 0. The fourth-order valence-corrected chi connectivity index (χ4v) is 5.49. The van der Waals surface area contributed by atoms with Gasteiger partial charge in [-0.25, -0.2) is 12.8 Å². The van der Waals surface area contributed by atoms with Gasteiger partial charge in [-0.2, -0.15) is 4.31 Å². The van der Waals surface area contributed by atoms with Gasteiger partial charge < -0.3 is 5.32 Å². The number of hydrogen-bond donors (Lipinski definition) is 1. The molecule has 1 atom stereocenters. The van der Waals surface area contributed by atoms with Crippen LogP contribution in [0.2, 0.25) is 0 Å². The van der Waals surface area contributed by atoms with E-state index in [1.165, 1.54) is 16.4 Å². The van der Waals surface area contributed by atoms with E-state index >= 15 is 0 Å². The van der Waals surface area contributed by atoms with Crippen LogP contribution >= 0.6 is 0 Å². The molecule has 154 valence electrons. The fourth-order valence-electron chi connectivity index (χ4n) is 3.92. The highest BCUT2D eigenvalue weighted by Crippen LogP contribution is 2.34. The second-order valence-corrected chi connectivity index (χ2v) is 9.42. The van der Waals surface area contributed by atoms with Gasteiger partial charge in [0.15, 0.2) is 0 Å². The molecule has 0 spiro atoms. The van der Waals surface area contributed by atoms with Crippen molar-refractivity contribution in [3.8, 4) is 0 Å². The Labute approximate surface area is 170 Å². The van der Waals surface area contributed by atoms with Crippen LogP contribution in [0.1, 0.15) is 30.9 Å². The molecule has 4 rings (SSSR count). The van der Waals surface area contributed by atoms with Crippen LogP contribution < -0.4 is 5.32 Å². The van der Waals surface area contributed by atoms with Crippen LogP contribution in [0.4, 0.5) is 10.1 Å². The van der Waals surface area contributed by atoms with Gasteiger partial charge in [-0.1, -0.05) is 24.3 Å². The van der Waals surface area contributed by atoms with Crippen molar-refractivity contribution in [2.45, 2.75) is 30.2 Å². The standard InChI is InChI=1S/C21H24FN3O3S/c22-19-9-2-1-8-18(19)20-10-13-24(20)15-21(26)23-16-6-5-7-17(14-16)29(27,28)25-11-3-4-12-25/h1-2,5-9,14,20H,3-4,10-13,15H2,(H,23,26)/t20-/m0/s1. The Morgan fingerprint density at radius 1 is 1.07 bits per heavy atom. The maximum absolute atomic E-state index is 14.0. The van der Waals surface area contributed by atoms with Crippen molar-refractivity contribution in [3.05, 3.63) is 59.9 Å². The van der Waals surface area contributed by atoms with Gasteiger partial charge >= 0.3 is 0 Å². The average molecular weight is 418 g/mol. The second kappa shape index (κ2) is 8.22. The molecule has 0 aromatic heterocycles. The number of carbonyl (C=O) groups is 1. The number of carbonyl (C=O) groups excluding carboxylic acids is 1. The van der Waals surface area contributed by atoms with Crippen molar-refractivity contribution in [1.82, 2.24) is 9.21 Å². The van der Waals surface area contributed by atoms with E-state index in [1.807, 2.05) is 4.90 Å².